The molecule has 0 aliphatic rings. The lowest BCUT2D eigenvalue weighted by Gasteiger charge is -2.02. The molecule has 12 heavy (non-hydrogen) atoms. The average Bonchev–Trinajstić information content (AvgIpc) is 2.03. The second kappa shape index (κ2) is 3.89. The summed E-state index contributed by atoms with van der Waals surface area (Å²) in [4.78, 5) is 0. The van der Waals surface area contributed by atoms with Gasteiger partial charge in [-0.3, -0.25) is 8.63 Å². The maximum Gasteiger partial charge on any atom is 0.572 e. The van der Waals surface area contributed by atoms with Gasteiger partial charge in [0.15, 0.2) is 0 Å². The van der Waals surface area contributed by atoms with Gasteiger partial charge < -0.3 is 4.74 Å². The maximum atomic E-state index is 12.2. The lowest BCUT2D eigenvalue weighted by atomic mass is 9.86. The van der Waals surface area contributed by atoms with Crippen LogP contribution in [-0.2, 0) is 0 Å². The molecule has 0 fully saturated rings. The molecule has 0 spiro atoms. The Kier molecular flexibility index (Phi) is 3.09. The molecule has 1 aromatic carbocycles. The standard InChI is InChI=1S/C7H6BBrF2O/c1-12-7-3-5(8(10)11)2-6(9)4-7/h2-4H,1H3. The fraction of sp³-hybridized carbons (Fsp3) is 0.143. The molecule has 0 aromatic heterocycles. The lowest BCUT2D eigenvalue weighted by Crippen LogP contribution is -2.20. The molecular weight excluding hydrogens is 229 g/mol. The Labute approximate surface area is 78.0 Å². The normalized spacial score (nSPS) is 9.67. The first kappa shape index (κ1) is 9.51. The number of rotatable bonds is 2. The predicted octanol–water partition coefficient (Wildman–Crippen LogP) is 2.09. The molecule has 64 valence electrons. The second-order valence-corrected chi connectivity index (χ2v) is 3.14. The van der Waals surface area contributed by atoms with Crippen molar-refractivity contribution in [3.63, 3.8) is 0 Å². The Balaban J connectivity index is 3.06. The molecule has 1 nitrogen and oxygen atoms in total. The highest BCUT2D eigenvalue weighted by atomic mass is 79.9. The molecule has 0 amide bonds. The van der Waals surface area contributed by atoms with E-state index in [2.05, 4.69) is 15.9 Å². The van der Waals surface area contributed by atoms with E-state index < -0.39 is 7.27 Å². The molecule has 0 saturated heterocycles. The summed E-state index contributed by atoms with van der Waals surface area (Å²) in [5.41, 5.74) is -0.0405. The first-order chi connectivity index (χ1) is 5.63. The predicted molar refractivity (Wildman–Crippen MR) is 48.3 cm³/mol. The summed E-state index contributed by atoms with van der Waals surface area (Å²) in [5.74, 6) is 0.430. The maximum absolute atomic E-state index is 12.2. The van der Waals surface area contributed by atoms with Crippen LogP contribution in [0.2, 0.25) is 0 Å². The third-order valence-electron chi connectivity index (χ3n) is 1.38. The van der Waals surface area contributed by atoms with Crippen molar-refractivity contribution in [2.45, 2.75) is 0 Å². The molecule has 1 aromatic rings. The smallest absolute Gasteiger partial charge is 0.497 e. The third kappa shape index (κ3) is 2.20. The SMILES string of the molecule is COc1cc(Br)cc(B(F)F)c1. The van der Waals surface area contributed by atoms with Crippen LogP contribution in [0, 0.1) is 0 Å². The van der Waals surface area contributed by atoms with Gasteiger partial charge in [-0.1, -0.05) is 15.9 Å². The van der Waals surface area contributed by atoms with Gasteiger partial charge in [0.1, 0.15) is 5.75 Å². The Hall–Kier alpha value is -0.575. The van der Waals surface area contributed by atoms with E-state index in [0.29, 0.717) is 10.2 Å². The third-order valence-corrected chi connectivity index (χ3v) is 1.84. The lowest BCUT2D eigenvalue weighted by molar-refractivity contribution is 0.415. The number of hydrogen-bond acceptors (Lipinski definition) is 1. The summed E-state index contributed by atoms with van der Waals surface area (Å²) in [5, 5.41) is 0. The quantitative estimate of drug-likeness (QED) is 0.713. The van der Waals surface area contributed by atoms with Crippen molar-refractivity contribution in [2.75, 3.05) is 7.11 Å². The van der Waals surface area contributed by atoms with Crippen LogP contribution in [0.4, 0.5) is 8.63 Å². The minimum absolute atomic E-state index is 0.0405. The molecule has 0 atom stereocenters. The minimum atomic E-state index is -2.46. The Bertz CT molecular complexity index is 280. The zero-order valence-corrected chi connectivity index (χ0v) is 7.94. The van der Waals surface area contributed by atoms with Gasteiger partial charge in [-0.25, -0.2) is 0 Å². The largest absolute Gasteiger partial charge is 0.572 e. The van der Waals surface area contributed by atoms with E-state index >= 15 is 0 Å². The first-order valence-electron chi connectivity index (χ1n) is 3.26. The van der Waals surface area contributed by atoms with Crippen LogP contribution in [0.3, 0.4) is 0 Å². The van der Waals surface area contributed by atoms with E-state index in [1.54, 1.807) is 6.07 Å². The molecular formula is C7H6BBrF2O. The molecule has 0 saturated carbocycles. The van der Waals surface area contributed by atoms with Crippen molar-refractivity contribution in [1.29, 1.82) is 0 Å². The van der Waals surface area contributed by atoms with Crippen LogP contribution in [0.15, 0.2) is 22.7 Å². The van der Waals surface area contributed by atoms with Crippen LogP contribution in [-0.4, -0.2) is 14.4 Å². The number of halogens is 3. The topological polar surface area (TPSA) is 9.23 Å². The Morgan fingerprint density at radius 1 is 1.33 bits per heavy atom. The highest BCUT2D eigenvalue weighted by Crippen LogP contribution is 2.16. The molecule has 0 aliphatic carbocycles. The molecule has 0 N–H and O–H groups in total. The summed E-state index contributed by atoms with van der Waals surface area (Å²) in [6.45, 7) is 0. The first-order valence-corrected chi connectivity index (χ1v) is 4.05. The van der Waals surface area contributed by atoms with Crippen molar-refractivity contribution >= 4 is 28.7 Å². The number of benzene rings is 1. The van der Waals surface area contributed by atoms with Gasteiger partial charge in [0.2, 0.25) is 0 Å². The van der Waals surface area contributed by atoms with E-state index in [0.717, 1.165) is 0 Å². The number of ether oxygens (including phenoxy) is 1. The van der Waals surface area contributed by atoms with Gasteiger partial charge in [-0.05, 0) is 23.7 Å². The van der Waals surface area contributed by atoms with Crippen molar-refractivity contribution in [3.8, 4) is 5.75 Å². The Morgan fingerprint density at radius 3 is 2.50 bits per heavy atom. The van der Waals surface area contributed by atoms with Crippen LogP contribution in [0.1, 0.15) is 0 Å². The van der Waals surface area contributed by atoms with E-state index in [1.807, 2.05) is 0 Å². The van der Waals surface area contributed by atoms with Gasteiger partial charge >= 0.3 is 7.27 Å². The monoisotopic (exact) mass is 234 g/mol. The van der Waals surface area contributed by atoms with Gasteiger partial charge in [0, 0.05) is 4.47 Å². The summed E-state index contributed by atoms with van der Waals surface area (Å²) < 4.78 is 29.8. The van der Waals surface area contributed by atoms with Crippen LogP contribution in [0.5, 0.6) is 5.75 Å². The molecule has 5 heteroatoms. The summed E-state index contributed by atoms with van der Waals surface area (Å²) in [7, 11) is -1.02. The molecule has 1 rings (SSSR count). The van der Waals surface area contributed by atoms with E-state index in [-0.39, 0.29) is 5.46 Å². The van der Waals surface area contributed by atoms with Crippen molar-refractivity contribution in [3.05, 3.63) is 22.7 Å². The molecule has 0 radical (unpaired) electrons. The van der Waals surface area contributed by atoms with Gasteiger partial charge in [-0.2, -0.15) is 0 Å². The van der Waals surface area contributed by atoms with Crippen molar-refractivity contribution in [2.24, 2.45) is 0 Å². The van der Waals surface area contributed by atoms with Crippen LogP contribution < -0.4 is 10.2 Å². The highest BCUT2D eigenvalue weighted by Gasteiger charge is 2.17. The van der Waals surface area contributed by atoms with E-state index in [1.165, 1.54) is 19.2 Å². The second-order valence-electron chi connectivity index (χ2n) is 2.23. The Morgan fingerprint density at radius 2 is 2.00 bits per heavy atom. The van der Waals surface area contributed by atoms with Crippen molar-refractivity contribution in [1.82, 2.24) is 0 Å². The van der Waals surface area contributed by atoms with Crippen LogP contribution in [0.25, 0.3) is 0 Å². The average molecular weight is 235 g/mol. The molecule has 0 unspecified atom stereocenters. The number of hydrogen-bond donors (Lipinski definition) is 0. The zero-order valence-electron chi connectivity index (χ0n) is 6.35. The molecule has 0 aliphatic heterocycles. The summed E-state index contributed by atoms with van der Waals surface area (Å²) in [6.07, 6.45) is 0. The van der Waals surface area contributed by atoms with Gasteiger partial charge in [0.05, 0.1) is 7.11 Å². The molecule has 0 heterocycles. The summed E-state index contributed by atoms with van der Waals surface area (Å²) in [6, 6.07) is 4.31. The number of methoxy groups -OCH3 is 1. The van der Waals surface area contributed by atoms with Gasteiger partial charge in [0.25, 0.3) is 0 Å². The highest BCUT2D eigenvalue weighted by molar-refractivity contribution is 9.10. The van der Waals surface area contributed by atoms with Gasteiger partial charge in [-0.15, -0.1) is 0 Å². The minimum Gasteiger partial charge on any atom is -0.497 e. The zero-order chi connectivity index (χ0) is 9.14. The molecule has 0 bridgehead atoms. The van der Waals surface area contributed by atoms with E-state index in [9.17, 15) is 8.63 Å². The fourth-order valence-electron chi connectivity index (χ4n) is 0.828. The fourth-order valence-corrected chi connectivity index (χ4v) is 1.32. The summed E-state index contributed by atoms with van der Waals surface area (Å²) >= 11 is 3.11. The van der Waals surface area contributed by atoms with Crippen molar-refractivity contribution < 1.29 is 13.4 Å². The van der Waals surface area contributed by atoms with E-state index in [4.69, 9.17) is 4.74 Å². The van der Waals surface area contributed by atoms with Crippen LogP contribution >= 0.6 is 15.9 Å².